The number of nitrogens with one attached hydrogen (secondary N) is 2. The van der Waals surface area contributed by atoms with Gasteiger partial charge in [-0.2, -0.15) is 0 Å². The van der Waals surface area contributed by atoms with Crippen LogP contribution in [0.15, 0.2) is 42.5 Å². The Balaban J connectivity index is 1.24. The molecule has 1 unspecified atom stereocenters. The third kappa shape index (κ3) is 9.72. The number of likely N-dealkylation sites (tertiary alicyclic amines) is 1. The van der Waals surface area contributed by atoms with Crippen molar-refractivity contribution in [3.05, 3.63) is 64.7 Å². The van der Waals surface area contributed by atoms with E-state index in [-0.39, 0.29) is 29.4 Å². The normalized spacial score (nSPS) is 17.8. The Kier molecular flexibility index (Phi) is 12.8. The number of benzene rings is 2. The maximum absolute atomic E-state index is 13.2. The molecule has 0 saturated carbocycles. The van der Waals surface area contributed by atoms with E-state index in [1.807, 2.05) is 46.0 Å². The standard InChI is InChI=1S/C36H53N5O3S/c1-6-11-28(3)40(26-42)24-33-27(2)12-9-14-31(33)23-37-34(43)30-16-20-39(21-17-30)35(44)38-32-15-10-13-29(22-32)25-45-41-19-8-7-18-36(41,4)5/h9-10,12-15,22,26,28,30H,6-8,11,16-21,23-25H2,1-5H3,(H,37,43)(H,38,44). The molecule has 2 aromatic carbocycles. The number of nitrogens with zero attached hydrogens (tertiary/aromatic N) is 3. The second-order valence-electron chi connectivity index (χ2n) is 13.4. The van der Waals surface area contributed by atoms with Crippen LogP contribution in [-0.4, -0.2) is 63.7 Å². The van der Waals surface area contributed by atoms with Crippen LogP contribution in [0.3, 0.4) is 0 Å². The summed E-state index contributed by atoms with van der Waals surface area (Å²) in [6.45, 7) is 14.1. The molecular formula is C36H53N5O3S. The smallest absolute Gasteiger partial charge is 0.321 e. The van der Waals surface area contributed by atoms with Gasteiger partial charge in [0.2, 0.25) is 12.3 Å². The molecule has 0 bridgehead atoms. The number of amides is 4. The van der Waals surface area contributed by atoms with Crippen molar-refractivity contribution in [2.24, 2.45) is 5.92 Å². The Hall–Kier alpha value is -3.04. The van der Waals surface area contributed by atoms with E-state index in [2.05, 4.69) is 67.8 Å². The molecule has 1 atom stereocenters. The van der Waals surface area contributed by atoms with Gasteiger partial charge in [-0.05, 0) is 94.2 Å². The highest BCUT2D eigenvalue weighted by atomic mass is 32.2. The lowest BCUT2D eigenvalue weighted by Crippen LogP contribution is -2.44. The molecule has 0 radical (unpaired) electrons. The molecule has 2 aromatic rings. The summed E-state index contributed by atoms with van der Waals surface area (Å²) in [5.41, 5.74) is 5.47. The van der Waals surface area contributed by atoms with Gasteiger partial charge in [-0.15, -0.1) is 0 Å². The molecule has 2 aliphatic heterocycles. The third-order valence-electron chi connectivity index (χ3n) is 9.50. The Morgan fingerprint density at radius 2 is 1.87 bits per heavy atom. The van der Waals surface area contributed by atoms with Crippen LogP contribution in [0.5, 0.6) is 0 Å². The summed E-state index contributed by atoms with van der Waals surface area (Å²) in [4.78, 5) is 41.8. The van der Waals surface area contributed by atoms with Crippen LogP contribution in [0.25, 0.3) is 0 Å². The number of carbonyl (C=O) groups excluding carboxylic acids is 3. The van der Waals surface area contributed by atoms with Gasteiger partial charge in [0.1, 0.15) is 0 Å². The molecule has 246 valence electrons. The fourth-order valence-corrected chi connectivity index (χ4v) is 7.65. The van der Waals surface area contributed by atoms with E-state index in [9.17, 15) is 14.4 Å². The number of rotatable bonds is 13. The summed E-state index contributed by atoms with van der Waals surface area (Å²) < 4.78 is 2.51. The molecule has 4 rings (SSSR count). The van der Waals surface area contributed by atoms with Crippen LogP contribution in [-0.2, 0) is 28.4 Å². The van der Waals surface area contributed by atoms with Crippen LogP contribution in [0, 0.1) is 12.8 Å². The van der Waals surface area contributed by atoms with E-state index in [1.165, 1.54) is 24.8 Å². The predicted molar refractivity (Wildman–Crippen MR) is 185 cm³/mol. The van der Waals surface area contributed by atoms with Crippen LogP contribution >= 0.6 is 11.9 Å². The van der Waals surface area contributed by atoms with Crippen LogP contribution in [0.1, 0.15) is 94.9 Å². The van der Waals surface area contributed by atoms with Gasteiger partial charge >= 0.3 is 6.03 Å². The van der Waals surface area contributed by atoms with Crippen molar-refractivity contribution in [3.8, 4) is 0 Å². The second kappa shape index (κ2) is 16.5. The molecule has 2 heterocycles. The first kappa shape index (κ1) is 34.8. The zero-order chi connectivity index (χ0) is 32.4. The molecule has 4 amide bonds. The maximum Gasteiger partial charge on any atom is 0.321 e. The average Bonchev–Trinajstić information content (AvgIpc) is 3.03. The van der Waals surface area contributed by atoms with E-state index in [0.717, 1.165) is 53.9 Å². The van der Waals surface area contributed by atoms with Gasteiger partial charge in [0, 0.05) is 61.7 Å². The number of piperidine rings is 2. The molecule has 9 heteroatoms. The summed E-state index contributed by atoms with van der Waals surface area (Å²) in [7, 11) is 0. The van der Waals surface area contributed by atoms with Gasteiger partial charge in [-0.1, -0.05) is 62.0 Å². The minimum absolute atomic E-state index is 0.0243. The van der Waals surface area contributed by atoms with Gasteiger partial charge in [0.15, 0.2) is 0 Å². The highest BCUT2D eigenvalue weighted by Gasteiger charge is 2.30. The number of urea groups is 1. The fraction of sp³-hybridized carbons (Fsp3) is 0.583. The second-order valence-corrected chi connectivity index (χ2v) is 14.4. The van der Waals surface area contributed by atoms with E-state index in [0.29, 0.717) is 39.0 Å². The lowest BCUT2D eigenvalue weighted by molar-refractivity contribution is -0.126. The van der Waals surface area contributed by atoms with Crippen LogP contribution in [0.4, 0.5) is 10.5 Å². The van der Waals surface area contributed by atoms with Crippen LogP contribution < -0.4 is 10.6 Å². The quantitative estimate of drug-likeness (QED) is 0.181. The predicted octanol–water partition coefficient (Wildman–Crippen LogP) is 7.12. The minimum Gasteiger partial charge on any atom is -0.352 e. The van der Waals surface area contributed by atoms with E-state index < -0.39 is 0 Å². The van der Waals surface area contributed by atoms with E-state index in [4.69, 9.17) is 0 Å². The molecule has 2 fully saturated rings. The summed E-state index contributed by atoms with van der Waals surface area (Å²) >= 11 is 1.88. The van der Waals surface area contributed by atoms with Crippen molar-refractivity contribution < 1.29 is 14.4 Å². The molecule has 2 saturated heterocycles. The van der Waals surface area contributed by atoms with Crippen molar-refractivity contribution in [1.29, 1.82) is 0 Å². The highest BCUT2D eigenvalue weighted by molar-refractivity contribution is 7.96. The largest absolute Gasteiger partial charge is 0.352 e. The Morgan fingerprint density at radius 1 is 1.11 bits per heavy atom. The molecule has 2 aliphatic rings. The molecule has 0 aliphatic carbocycles. The number of carbonyl (C=O) groups is 3. The zero-order valence-corrected chi connectivity index (χ0v) is 28.8. The maximum atomic E-state index is 13.2. The van der Waals surface area contributed by atoms with Gasteiger partial charge in [-0.25, -0.2) is 9.10 Å². The van der Waals surface area contributed by atoms with Crippen molar-refractivity contribution in [3.63, 3.8) is 0 Å². The number of anilines is 1. The molecular weight excluding hydrogens is 582 g/mol. The van der Waals surface area contributed by atoms with Gasteiger partial charge in [-0.3, -0.25) is 9.59 Å². The third-order valence-corrected chi connectivity index (χ3v) is 11.0. The van der Waals surface area contributed by atoms with Crippen molar-refractivity contribution in [2.45, 2.75) is 110 Å². The SMILES string of the molecule is CCCC(C)N(C=O)Cc1c(C)cccc1CNC(=O)C1CCN(C(=O)Nc2cccc(CSN3CCCCC3(C)C)c2)CC1. The first-order valence-electron chi connectivity index (χ1n) is 16.7. The Labute approximate surface area is 274 Å². The van der Waals surface area contributed by atoms with Crippen molar-refractivity contribution >= 4 is 36.0 Å². The minimum atomic E-state index is -0.127. The molecule has 0 aromatic heterocycles. The summed E-state index contributed by atoms with van der Waals surface area (Å²) in [5.74, 6) is 0.777. The fourth-order valence-electron chi connectivity index (χ4n) is 6.46. The molecule has 45 heavy (non-hydrogen) atoms. The number of hydrogen-bond donors (Lipinski definition) is 2. The first-order chi connectivity index (χ1) is 21.6. The summed E-state index contributed by atoms with van der Waals surface area (Å²) in [6.07, 6.45) is 7.95. The van der Waals surface area contributed by atoms with Gasteiger partial charge in [0.25, 0.3) is 0 Å². The molecule has 8 nitrogen and oxygen atoms in total. The first-order valence-corrected chi connectivity index (χ1v) is 17.7. The van der Waals surface area contributed by atoms with Crippen molar-refractivity contribution in [1.82, 2.24) is 19.4 Å². The van der Waals surface area contributed by atoms with Gasteiger partial charge < -0.3 is 20.4 Å². The number of aryl methyl sites for hydroxylation is 1. The summed E-state index contributed by atoms with van der Waals surface area (Å²) in [5, 5.41) is 6.22. The zero-order valence-electron chi connectivity index (χ0n) is 27.9. The van der Waals surface area contributed by atoms with Gasteiger partial charge in [0.05, 0.1) is 0 Å². The van der Waals surface area contributed by atoms with E-state index in [1.54, 1.807) is 0 Å². The van der Waals surface area contributed by atoms with Crippen molar-refractivity contribution in [2.75, 3.05) is 25.0 Å². The summed E-state index contributed by atoms with van der Waals surface area (Å²) in [6, 6.07) is 14.3. The molecule has 0 spiro atoms. The topological polar surface area (TPSA) is 85.0 Å². The Bertz CT molecular complexity index is 1290. The lowest BCUT2D eigenvalue weighted by atomic mass is 9.93. The number of hydrogen-bond acceptors (Lipinski definition) is 5. The van der Waals surface area contributed by atoms with E-state index >= 15 is 0 Å². The average molecular weight is 636 g/mol. The lowest BCUT2D eigenvalue weighted by Gasteiger charge is -2.41. The molecule has 2 N–H and O–H groups in total. The Morgan fingerprint density at radius 3 is 2.58 bits per heavy atom. The highest BCUT2D eigenvalue weighted by Crippen LogP contribution is 2.34. The monoisotopic (exact) mass is 635 g/mol. The van der Waals surface area contributed by atoms with Crippen LogP contribution in [0.2, 0.25) is 0 Å².